The van der Waals surface area contributed by atoms with Crippen LogP contribution in [0.5, 0.6) is 5.75 Å². The molecule has 7 nitrogen and oxygen atoms in total. The summed E-state index contributed by atoms with van der Waals surface area (Å²) >= 11 is 0. The number of amides is 3. The van der Waals surface area contributed by atoms with Crippen molar-refractivity contribution < 1.29 is 19.1 Å². The van der Waals surface area contributed by atoms with Crippen LogP contribution in [0.15, 0.2) is 78.9 Å². The topological polar surface area (TPSA) is 92.9 Å². The third-order valence-electron chi connectivity index (χ3n) is 7.27. The molecular formula is C29H29N3O4. The Bertz CT molecular complexity index is 1280. The second-order valence-electron chi connectivity index (χ2n) is 9.32. The fourth-order valence-corrected chi connectivity index (χ4v) is 5.45. The first-order valence-electron chi connectivity index (χ1n) is 12.2. The second-order valence-corrected chi connectivity index (χ2v) is 9.32. The molecule has 2 N–H and O–H groups in total. The standard InChI is InChI=1S/C29H29N3O4/c1-36-23-13-11-22(12-14-23)32-26(33)16-15-24(27(32)19-7-3-2-4-8-19)29(35)31-18-21-10-6-5-9-20(21)17-25(31)28(30)34/h2-14,24-25,27H,15-18H2,1H3,(H2,30,34). The van der Waals surface area contributed by atoms with Crippen LogP contribution in [0.1, 0.15) is 35.6 Å². The van der Waals surface area contributed by atoms with Crippen LogP contribution < -0.4 is 15.4 Å². The largest absolute Gasteiger partial charge is 0.497 e. The maximum absolute atomic E-state index is 14.2. The minimum atomic E-state index is -0.726. The molecule has 0 bridgehead atoms. The smallest absolute Gasteiger partial charge is 0.240 e. The highest BCUT2D eigenvalue weighted by molar-refractivity contribution is 5.98. The Morgan fingerprint density at radius 1 is 0.917 bits per heavy atom. The van der Waals surface area contributed by atoms with Gasteiger partial charge in [0.15, 0.2) is 0 Å². The zero-order valence-electron chi connectivity index (χ0n) is 20.2. The van der Waals surface area contributed by atoms with Gasteiger partial charge in [0.25, 0.3) is 0 Å². The highest BCUT2D eigenvalue weighted by atomic mass is 16.5. The number of benzene rings is 3. The van der Waals surface area contributed by atoms with Gasteiger partial charge in [0.05, 0.1) is 19.1 Å². The lowest BCUT2D eigenvalue weighted by molar-refractivity contribution is -0.146. The molecule has 3 amide bonds. The molecule has 5 rings (SSSR count). The van der Waals surface area contributed by atoms with E-state index in [9.17, 15) is 14.4 Å². The molecule has 3 aromatic rings. The van der Waals surface area contributed by atoms with E-state index in [1.165, 1.54) is 0 Å². The first-order valence-corrected chi connectivity index (χ1v) is 12.2. The summed E-state index contributed by atoms with van der Waals surface area (Å²) < 4.78 is 5.29. The van der Waals surface area contributed by atoms with Crippen molar-refractivity contribution in [1.29, 1.82) is 0 Å². The van der Waals surface area contributed by atoms with E-state index in [1.807, 2.05) is 66.7 Å². The van der Waals surface area contributed by atoms with Gasteiger partial charge in [-0.05, 0) is 47.4 Å². The van der Waals surface area contributed by atoms with Gasteiger partial charge in [-0.2, -0.15) is 0 Å². The predicted octanol–water partition coefficient (Wildman–Crippen LogP) is 3.62. The SMILES string of the molecule is COc1ccc(N2C(=O)CCC(C(=O)N3Cc4ccccc4CC3C(N)=O)C2c2ccccc2)cc1. The molecule has 2 aliphatic rings. The summed E-state index contributed by atoms with van der Waals surface area (Å²) in [4.78, 5) is 43.3. The first-order chi connectivity index (χ1) is 17.5. The fraction of sp³-hybridized carbons (Fsp3) is 0.276. The van der Waals surface area contributed by atoms with Gasteiger partial charge >= 0.3 is 0 Å². The van der Waals surface area contributed by atoms with Crippen LogP contribution in [-0.4, -0.2) is 35.8 Å². The Labute approximate surface area is 210 Å². The van der Waals surface area contributed by atoms with Crippen molar-refractivity contribution >= 4 is 23.4 Å². The molecule has 0 spiro atoms. The number of ether oxygens (including phenoxy) is 1. The number of carbonyl (C=O) groups is 3. The van der Waals surface area contributed by atoms with Crippen molar-refractivity contribution in [2.24, 2.45) is 11.7 Å². The summed E-state index contributed by atoms with van der Waals surface area (Å²) in [5.74, 6) is -0.572. The highest BCUT2D eigenvalue weighted by Gasteiger charge is 2.45. The molecule has 1 saturated heterocycles. The average molecular weight is 484 g/mol. The second kappa shape index (κ2) is 9.85. The van der Waals surface area contributed by atoms with E-state index in [0.717, 1.165) is 16.7 Å². The van der Waals surface area contributed by atoms with E-state index in [2.05, 4.69) is 0 Å². The molecule has 7 heteroatoms. The third kappa shape index (κ3) is 4.33. The summed E-state index contributed by atoms with van der Waals surface area (Å²) in [6, 6.07) is 23.5. The Morgan fingerprint density at radius 2 is 1.58 bits per heavy atom. The molecule has 36 heavy (non-hydrogen) atoms. The van der Waals surface area contributed by atoms with Gasteiger partial charge in [-0.3, -0.25) is 14.4 Å². The quantitative estimate of drug-likeness (QED) is 0.600. The Hall–Kier alpha value is -4.13. The number of primary amides is 1. The lowest BCUT2D eigenvalue weighted by atomic mass is 9.81. The van der Waals surface area contributed by atoms with Gasteiger partial charge in [-0.25, -0.2) is 0 Å². The number of fused-ring (bicyclic) bond motifs is 1. The van der Waals surface area contributed by atoms with Crippen molar-refractivity contribution in [1.82, 2.24) is 4.90 Å². The molecule has 2 aliphatic heterocycles. The molecule has 0 aliphatic carbocycles. The zero-order valence-corrected chi connectivity index (χ0v) is 20.2. The minimum absolute atomic E-state index is 0.0477. The molecule has 1 fully saturated rings. The molecule has 3 atom stereocenters. The van der Waals surface area contributed by atoms with Crippen LogP contribution in [0.4, 0.5) is 5.69 Å². The lowest BCUT2D eigenvalue weighted by Gasteiger charge is -2.44. The van der Waals surface area contributed by atoms with Gasteiger partial charge in [0.1, 0.15) is 11.8 Å². The number of hydrogen-bond acceptors (Lipinski definition) is 4. The highest BCUT2D eigenvalue weighted by Crippen LogP contribution is 2.42. The van der Waals surface area contributed by atoms with Crippen molar-refractivity contribution in [3.8, 4) is 5.75 Å². The van der Waals surface area contributed by atoms with E-state index in [-0.39, 0.29) is 18.2 Å². The molecule has 0 saturated carbocycles. The monoisotopic (exact) mass is 483 g/mol. The zero-order chi connectivity index (χ0) is 25.2. The van der Waals surface area contributed by atoms with Gasteiger partial charge in [-0.1, -0.05) is 54.6 Å². The number of rotatable bonds is 5. The van der Waals surface area contributed by atoms with E-state index in [0.29, 0.717) is 30.8 Å². The molecule has 3 unspecified atom stereocenters. The van der Waals surface area contributed by atoms with Gasteiger partial charge in [0.2, 0.25) is 17.7 Å². The van der Waals surface area contributed by atoms with E-state index in [4.69, 9.17) is 10.5 Å². The minimum Gasteiger partial charge on any atom is -0.497 e. The number of carbonyl (C=O) groups excluding carboxylic acids is 3. The number of hydrogen-bond donors (Lipinski definition) is 1. The van der Waals surface area contributed by atoms with Crippen LogP contribution >= 0.6 is 0 Å². The van der Waals surface area contributed by atoms with E-state index < -0.39 is 23.9 Å². The molecule has 0 aromatic heterocycles. The Balaban J connectivity index is 1.55. The summed E-state index contributed by atoms with van der Waals surface area (Å²) in [6.07, 6.45) is 1.02. The molecule has 2 heterocycles. The van der Waals surface area contributed by atoms with Crippen molar-refractivity contribution in [3.63, 3.8) is 0 Å². The maximum atomic E-state index is 14.2. The maximum Gasteiger partial charge on any atom is 0.240 e. The molecular weight excluding hydrogens is 454 g/mol. The average Bonchev–Trinajstić information content (AvgIpc) is 2.92. The first kappa shape index (κ1) is 23.6. The van der Waals surface area contributed by atoms with Crippen LogP contribution in [0.2, 0.25) is 0 Å². The van der Waals surface area contributed by atoms with E-state index >= 15 is 0 Å². The summed E-state index contributed by atoms with van der Waals surface area (Å²) in [6.45, 7) is 0.317. The number of anilines is 1. The summed E-state index contributed by atoms with van der Waals surface area (Å²) in [5, 5.41) is 0. The summed E-state index contributed by atoms with van der Waals surface area (Å²) in [5.41, 5.74) is 9.40. The molecule has 184 valence electrons. The Kier molecular flexibility index (Phi) is 6.46. The number of methoxy groups -OCH3 is 1. The van der Waals surface area contributed by atoms with Crippen molar-refractivity contribution in [3.05, 3.63) is 95.6 Å². The van der Waals surface area contributed by atoms with Crippen molar-refractivity contribution in [2.75, 3.05) is 12.0 Å². The van der Waals surface area contributed by atoms with E-state index in [1.54, 1.807) is 29.0 Å². The number of nitrogens with zero attached hydrogens (tertiary/aromatic N) is 2. The van der Waals surface area contributed by atoms with Gasteiger partial charge in [0, 0.05) is 25.1 Å². The normalized spacial score (nSPS) is 21.6. The summed E-state index contributed by atoms with van der Waals surface area (Å²) in [7, 11) is 1.59. The molecule has 0 radical (unpaired) electrons. The fourth-order valence-electron chi connectivity index (χ4n) is 5.45. The van der Waals surface area contributed by atoms with Crippen LogP contribution in [0.3, 0.4) is 0 Å². The third-order valence-corrected chi connectivity index (χ3v) is 7.27. The van der Waals surface area contributed by atoms with Crippen LogP contribution in [0.25, 0.3) is 0 Å². The van der Waals surface area contributed by atoms with Crippen molar-refractivity contribution in [2.45, 2.75) is 37.9 Å². The lowest BCUT2D eigenvalue weighted by Crippen LogP contribution is -2.56. The van der Waals surface area contributed by atoms with Crippen LogP contribution in [-0.2, 0) is 27.3 Å². The van der Waals surface area contributed by atoms with Gasteiger partial charge < -0.3 is 20.3 Å². The number of piperidine rings is 1. The predicted molar refractivity (Wildman–Crippen MR) is 136 cm³/mol. The van der Waals surface area contributed by atoms with Crippen LogP contribution in [0, 0.1) is 5.92 Å². The number of nitrogens with two attached hydrogens (primary N) is 1. The Morgan fingerprint density at radius 3 is 2.25 bits per heavy atom. The molecule has 3 aromatic carbocycles. The van der Waals surface area contributed by atoms with Gasteiger partial charge in [-0.15, -0.1) is 0 Å².